The first kappa shape index (κ1) is 22.6. The molecule has 4 aromatic carbocycles. The molecule has 0 fully saturated rings. The summed E-state index contributed by atoms with van der Waals surface area (Å²) < 4.78 is 6.75. The van der Waals surface area contributed by atoms with Gasteiger partial charge in [-0.1, -0.05) is 76.6 Å². The topological polar surface area (TPSA) is 54.1 Å². The summed E-state index contributed by atoms with van der Waals surface area (Å²) in [5, 5.41) is 6.40. The van der Waals surface area contributed by atoms with E-state index in [-0.39, 0.29) is 12.5 Å². The monoisotopic (exact) mass is 530 g/mol. The smallest absolute Gasteiger partial charge is 0.257 e. The van der Waals surface area contributed by atoms with Crippen LogP contribution in [0.5, 0.6) is 5.75 Å². The molecule has 0 radical (unpaired) electrons. The normalized spacial score (nSPS) is 11.1. The van der Waals surface area contributed by atoms with Crippen LogP contribution in [-0.4, -0.2) is 29.8 Å². The Morgan fingerprint density at radius 1 is 0.912 bits per heavy atom. The van der Waals surface area contributed by atoms with Crippen molar-refractivity contribution in [3.05, 3.63) is 95.5 Å². The number of aromatic amines is 1. The van der Waals surface area contributed by atoms with Crippen molar-refractivity contribution in [1.29, 1.82) is 0 Å². The number of fused-ring (bicyclic) bond motifs is 2. The van der Waals surface area contributed by atoms with Gasteiger partial charge < -0.3 is 15.0 Å². The fourth-order valence-corrected chi connectivity index (χ4v) is 5.21. The Balaban J connectivity index is 1.18. The van der Waals surface area contributed by atoms with E-state index in [1.165, 1.54) is 10.3 Å². The third-order valence-corrected chi connectivity index (χ3v) is 7.20. The third-order valence-electron chi connectivity index (χ3n) is 5.55. The van der Waals surface area contributed by atoms with Crippen LogP contribution < -0.4 is 10.1 Å². The summed E-state index contributed by atoms with van der Waals surface area (Å²) in [6.45, 7) is 0.560. The van der Waals surface area contributed by atoms with E-state index in [0.717, 1.165) is 37.8 Å². The van der Waals surface area contributed by atoms with Crippen LogP contribution >= 0.6 is 27.7 Å². The molecule has 1 aromatic heterocycles. The minimum Gasteiger partial charge on any atom is -0.484 e. The summed E-state index contributed by atoms with van der Waals surface area (Å²) in [4.78, 5) is 17.1. The fraction of sp³-hybridized carbons (Fsp3) is 0.107. The van der Waals surface area contributed by atoms with Crippen molar-refractivity contribution in [3.8, 4) is 17.0 Å². The minimum atomic E-state index is -0.124. The number of thioether (sulfide) groups is 1. The molecular formula is C28H23BrN2O2S. The molecule has 0 aliphatic rings. The first-order valence-corrected chi connectivity index (χ1v) is 12.8. The van der Waals surface area contributed by atoms with E-state index in [9.17, 15) is 4.79 Å². The third kappa shape index (κ3) is 5.13. The number of hydrogen-bond donors (Lipinski definition) is 2. The molecule has 34 heavy (non-hydrogen) atoms. The van der Waals surface area contributed by atoms with Gasteiger partial charge in [0.25, 0.3) is 5.91 Å². The highest BCUT2D eigenvalue weighted by molar-refractivity contribution is 9.10. The predicted octanol–water partition coefficient (Wildman–Crippen LogP) is 7.04. The van der Waals surface area contributed by atoms with Gasteiger partial charge in [0.15, 0.2) is 6.61 Å². The lowest BCUT2D eigenvalue weighted by Gasteiger charge is -2.09. The molecule has 0 aliphatic heterocycles. The Kier molecular flexibility index (Phi) is 6.88. The van der Waals surface area contributed by atoms with Crippen LogP contribution in [-0.2, 0) is 4.79 Å². The zero-order valence-electron chi connectivity index (χ0n) is 18.4. The van der Waals surface area contributed by atoms with Crippen molar-refractivity contribution in [2.75, 3.05) is 18.9 Å². The van der Waals surface area contributed by atoms with Crippen LogP contribution in [0.25, 0.3) is 32.9 Å². The van der Waals surface area contributed by atoms with Gasteiger partial charge in [-0.15, -0.1) is 11.8 Å². The second-order valence-electron chi connectivity index (χ2n) is 7.88. The molecule has 0 atom stereocenters. The lowest BCUT2D eigenvalue weighted by molar-refractivity contribution is -0.122. The molecule has 1 heterocycles. The fourth-order valence-electron chi connectivity index (χ4n) is 3.89. The van der Waals surface area contributed by atoms with E-state index in [4.69, 9.17) is 4.74 Å². The number of para-hydroxylation sites is 1. The molecule has 170 valence electrons. The highest BCUT2D eigenvalue weighted by Crippen LogP contribution is 2.37. The molecule has 4 nitrogen and oxygen atoms in total. The standard InChI is InChI=1S/C28H23BrN2O2S/c29-22-12-9-20(10-13-22)27-28(24-7-3-4-8-25(24)31-27)34-16-15-30-26(32)18-33-23-14-11-19-5-1-2-6-21(19)17-23/h1-14,17,31H,15-16,18H2,(H,30,32). The van der Waals surface area contributed by atoms with Crippen molar-refractivity contribution in [2.24, 2.45) is 0 Å². The number of rotatable bonds is 8. The van der Waals surface area contributed by atoms with Gasteiger partial charge in [0.1, 0.15) is 5.75 Å². The summed E-state index contributed by atoms with van der Waals surface area (Å²) in [6, 6.07) is 30.6. The summed E-state index contributed by atoms with van der Waals surface area (Å²) in [5.41, 5.74) is 3.34. The predicted molar refractivity (Wildman–Crippen MR) is 145 cm³/mol. The zero-order chi connectivity index (χ0) is 23.3. The van der Waals surface area contributed by atoms with E-state index in [1.807, 2.05) is 54.6 Å². The molecule has 5 aromatic rings. The molecule has 0 saturated carbocycles. The largest absolute Gasteiger partial charge is 0.484 e. The number of aromatic nitrogens is 1. The Hall–Kier alpha value is -3.22. The number of carbonyl (C=O) groups excluding carboxylic acids is 1. The molecule has 0 spiro atoms. The zero-order valence-corrected chi connectivity index (χ0v) is 20.8. The van der Waals surface area contributed by atoms with Gasteiger partial charge >= 0.3 is 0 Å². The molecule has 5 rings (SSSR count). The quantitative estimate of drug-likeness (QED) is 0.167. The van der Waals surface area contributed by atoms with Crippen molar-refractivity contribution in [3.63, 3.8) is 0 Å². The molecule has 0 unspecified atom stereocenters. The van der Waals surface area contributed by atoms with Crippen molar-refractivity contribution in [1.82, 2.24) is 10.3 Å². The average molecular weight is 531 g/mol. The first-order valence-electron chi connectivity index (χ1n) is 11.0. The second-order valence-corrected chi connectivity index (χ2v) is 9.90. The first-order chi connectivity index (χ1) is 16.7. The van der Waals surface area contributed by atoms with E-state index >= 15 is 0 Å². The molecule has 0 bridgehead atoms. The number of carbonyl (C=O) groups is 1. The van der Waals surface area contributed by atoms with Gasteiger partial charge in [-0.2, -0.15) is 0 Å². The molecule has 0 aliphatic carbocycles. The number of nitrogens with one attached hydrogen (secondary N) is 2. The number of hydrogen-bond acceptors (Lipinski definition) is 3. The maximum Gasteiger partial charge on any atom is 0.257 e. The lowest BCUT2D eigenvalue weighted by atomic mass is 10.1. The lowest BCUT2D eigenvalue weighted by Crippen LogP contribution is -2.30. The van der Waals surface area contributed by atoms with Crippen LogP contribution in [0.4, 0.5) is 0 Å². The van der Waals surface area contributed by atoms with Gasteiger partial charge in [0.05, 0.1) is 5.69 Å². The molecule has 2 N–H and O–H groups in total. The van der Waals surface area contributed by atoms with Gasteiger partial charge in [-0.05, 0) is 46.7 Å². The van der Waals surface area contributed by atoms with E-state index < -0.39 is 0 Å². The Morgan fingerprint density at radius 2 is 1.68 bits per heavy atom. The maximum atomic E-state index is 12.3. The highest BCUT2D eigenvalue weighted by atomic mass is 79.9. The summed E-state index contributed by atoms with van der Waals surface area (Å²) in [5.74, 6) is 1.33. The van der Waals surface area contributed by atoms with Crippen molar-refractivity contribution >= 4 is 55.3 Å². The van der Waals surface area contributed by atoms with Crippen molar-refractivity contribution in [2.45, 2.75) is 4.90 Å². The Labute approximate surface area is 210 Å². The van der Waals surface area contributed by atoms with Gasteiger partial charge in [0, 0.05) is 32.6 Å². The van der Waals surface area contributed by atoms with Crippen molar-refractivity contribution < 1.29 is 9.53 Å². The highest BCUT2D eigenvalue weighted by Gasteiger charge is 2.14. The van der Waals surface area contributed by atoms with Gasteiger partial charge in [0.2, 0.25) is 0 Å². The molecular weight excluding hydrogens is 508 g/mol. The number of ether oxygens (including phenoxy) is 1. The number of H-pyrrole nitrogens is 1. The molecule has 0 saturated heterocycles. The summed E-state index contributed by atoms with van der Waals surface area (Å²) in [6.07, 6.45) is 0. The van der Waals surface area contributed by atoms with Gasteiger partial charge in [-0.3, -0.25) is 4.79 Å². The van der Waals surface area contributed by atoms with Gasteiger partial charge in [-0.25, -0.2) is 0 Å². The van der Waals surface area contributed by atoms with Crippen LogP contribution in [0.15, 0.2) is 100 Å². The van der Waals surface area contributed by atoms with Crippen LogP contribution in [0.2, 0.25) is 0 Å². The maximum absolute atomic E-state index is 12.3. The minimum absolute atomic E-state index is 0.000233. The average Bonchev–Trinajstić information content (AvgIpc) is 3.24. The summed E-state index contributed by atoms with van der Waals surface area (Å²) >= 11 is 5.25. The second kappa shape index (κ2) is 10.4. The van der Waals surface area contributed by atoms with Crippen LogP contribution in [0, 0.1) is 0 Å². The molecule has 6 heteroatoms. The molecule has 1 amide bonds. The van der Waals surface area contributed by atoms with E-state index in [0.29, 0.717) is 12.3 Å². The SMILES string of the molecule is O=C(COc1ccc2ccccc2c1)NCCSc1c(-c2ccc(Br)cc2)[nH]c2ccccc12. The Morgan fingerprint density at radius 3 is 2.53 bits per heavy atom. The van der Waals surface area contributed by atoms with Crippen LogP contribution in [0.3, 0.4) is 0 Å². The number of halogens is 1. The summed E-state index contributed by atoms with van der Waals surface area (Å²) in [7, 11) is 0. The van der Waals surface area contributed by atoms with E-state index in [1.54, 1.807) is 11.8 Å². The number of benzene rings is 4. The van der Waals surface area contributed by atoms with E-state index in [2.05, 4.69) is 62.6 Å². The Bertz CT molecular complexity index is 1450. The van der Waals surface area contributed by atoms with Crippen LogP contribution in [0.1, 0.15) is 0 Å². The number of amides is 1.